The number of aryl methyl sites for hydroxylation is 1. The van der Waals surface area contributed by atoms with E-state index in [-0.39, 0.29) is 22.5 Å². The van der Waals surface area contributed by atoms with Crippen molar-refractivity contribution in [3.63, 3.8) is 0 Å². The van der Waals surface area contributed by atoms with Gasteiger partial charge in [0, 0.05) is 22.6 Å². The summed E-state index contributed by atoms with van der Waals surface area (Å²) in [7, 11) is -4.03. The van der Waals surface area contributed by atoms with E-state index in [2.05, 4.69) is 15.4 Å². The quantitative estimate of drug-likeness (QED) is 0.186. The fourth-order valence-electron chi connectivity index (χ4n) is 4.37. The van der Waals surface area contributed by atoms with Gasteiger partial charge < -0.3 is 20.2 Å². The van der Waals surface area contributed by atoms with Crippen LogP contribution in [0, 0.1) is 18.8 Å². The van der Waals surface area contributed by atoms with Crippen molar-refractivity contribution in [1.29, 1.82) is 0 Å². The van der Waals surface area contributed by atoms with Crippen LogP contribution in [0.5, 0.6) is 0 Å². The van der Waals surface area contributed by atoms with Gasteiger partial charge in [-0.05, 0) is 60.4 Å². The minimum atomic E-state index is -4.03. The molecule has 4 aromatic rings. The molecule has 2 amide bonds. The molecule has 220 valence electrons. The van der Waals surface area contributed by atoms with Gasteiger partial charge in [-0.3, -0.25) is 14.4 Å². The van der Waals surface area contributed by atoms with E-state index in [1.54, 1.807) is 89.2 Å². The Balaban J connectivity index is 1.49. The van der Waals surface area contributed by atoms with Crippen molar-refractivity contribution in [3.05, 3.63) is 78.1 Å². The second-order valence-corrected chi connectivity index (χ2v) is 12.3. The summed E-state index contributed by atoms with van der Waals surface area (Å²) in [6.45, 7) is 8.61. The first-order valence-corrected chi connectivity index (χ1v) is 14.9. The second kappa shape index (κ2) is 12.2. The van der Waals surface area contributed by atoms with Crippen LogP contribution in [0.1, 0.15) is 43.8 Å². The van der Waals surface area contributed by atoms with Gasteiger partial charge in [0.1, 0.15) is 11.6 Å². The summed E-state index contributed by atoms with van der Waals surface area (Å²) in [5, 5.41) is 15.7. The minimum Gasteiger partial charge on any atom is -0.480 e. The van der Waals surface area contributed by atoms with Crippen LogP contribution < -0.4 is 15.4 Å². The molecule has 1 heterocycles. The van der Waals surface area contributed by atoms with Gasteiger partial charge >= 0.3 is 5.97 Å². The lowest BCUT2D eigenvalue weighted by Crippen LogP contribution is -2.44. The van der Waals surface area contributed by atoms with E-state index >= 15 is 0 Å². The number of rotatable bonds is 10. The smallest absolute Gasteiger partial charge is 0.322 e. The molecular weight excluding hydrogens is 558 g/mol. The largest absolute Gasteiger partial charge is 0.480 e. The maximum Gasteiger partial charge on any atom is 0.322 e. The van der Waals surface area contributed by atoms with Gasteiger partial charge in [-0.1, -0.05) is 58.0 Å². The van der Waals surface area contributed by atoms with Crippen molar-refractivity contribution >= 4 is 50.2 Å². The summed E-state index contributed by atoms with van der Waals surface area (Å²) in [4.78, 5) is 36.7. The molecule has 0 radical (unpaired) electrons. The summed E-state index contributed by atoms with van der Waals surface area (Å²) in [6, 6.07) is 17.1. The molecule has 0 aliphatic rings. The molecule has 0 aliphatic carbocycles. The Bertz CT molecular complexity index is 1740. The number of hydrogen-bond donors (Lipinski definition) is 4. The number of fused-ring (bicyclic) bond motifs is 1. The number of anilines is 2. The van der Waals surface area contributed by atoms with Crippen LogP contribution in [-0.4, -0.2) is 37.3 Å². The van der Waals surface area contributed by atoms with Crippen molar-refractivity contribution in [2.75, 3.05) is 10.6 Å². The van der Waals surface area contributed by atoms with E-state index in [1.165, 1.54) is 12.1 Å². The first kappa shape index (κ1) is 30.5. The van der Waals surface area contributed by atoms with Crippen molar-refractivity contribution < 1.29 is 32.3 Å². The predicted octanol–water partition coefficient (Wildman–Crippen LogP) is 5.64. The molecule has 0 bridgehead atoms. The molecule has 0 saturated heterocycles. The molecule has 1 atom stereocenters. The zero-order valence-corrected chi connectivity index (χ0v) is 24.7. The Morgan fingerprint density at radius 3 is 1.98 bits per heavy atom. The molecule has 42 heavy (non-hydrogen) atoms. The molecule has 3 aromatic carbocycles. The van der Waals surface area contributed by atoms with Gasteiger partial charge in [-0.15, -0.1) is 0 Å². The van der Waals surface area contributed by atoms with Gasteiger partial charge in [0.2, 0.25) is 15.9 Å². The number of hydrogen-bond acceptors (Lipinski definition) is 6. The number of carbonyl (C=O) groups is 3. The summed E-state index contributed by atoms with van der Waals surface area (Å²) in [6.07, 6.45) is 0. The van der Waals surface area contributed by atoms with Crippen LogP contribution in [0.15, 0.2) is 76.0 Å². The highest BCUT2D eigenvalue weighted by molar-refractivity contribution is 7.89. The average Bonchev–Trinajstić information content (AvgIpc) is 3.29. The summed E-state index contributed by atoms with van der Waals surface area (Å²) in [5.41, 5.74) is 3.70. The van der Waals surface area contributed by atoms with Crippen molar-refractivity contribution in [1.82, 2.24) is 4.72 Å². The zero-order valence-electron chi connectivity index (χ0n) is 23.9. The van der Waals surface area contributed by atoms with E-state index in [0.29, 0.717) is 27.9 Å². The fraction of sp³-hybridized carbons (Fsp3) is 0.258. The van der Waals surface area contributed by atoms with Crippen molar-refractivity contribution in [2.45, 2.75) is 45.6 Å². The van der Waals surface area contributed by atoms with Crippen molar-refractivity contribution in [2.24, 2.45) is 11.8 Å². The van der Waals surface area contributed by atoms with E-state index in [4.69, 9.17) is 4.42 Å². The van der Waals surface area contributed by atoms with Crippen LogP contribution >= 0.6 is 0 Å². The lowest BCUT2D eigenvalue weighted by atomic mass is 10.1. The van der Waals surface area contributed by atoms with Gasteiger partial charge in [0.05, 0.1) is 10.6 Å². The number of carboxylic acid groups (broad SMARTS) is 1. The molecule has 4 rings (SSSR count). The number of nitrogens with one attached hydrogen (secondary N) is 3. The molecule has 0 saturated carbocycles. The van der Waals surface area contributed by atoms with Crippen molar-refractivity contribution in [3.8, 4) is 11.1 Å². The van der Waals surface area contributed by atoms with Gasteiger partial charge in [-0.25, -0.2) is 8.42 Å². The second-order valence-electron chi connectivity index (χ2n) is 10.6. The normalized spacial score (nSPS) is 12.5. The summed E-state index contributed by atoms with van der Waals surface area (Å²) < 4.78 is 33.5. The predicted molar refractivity (Wildman–Crippen MR) is 161 cm³/mol. The first-order valence-electron chi connectivity index (χ1n) is 13.4. The monoisotopic (exact) mass is 591 g/mol. The van der Waals surface area contributed by atoms with E-state index in [1.807, 2.05) is 0 Å². The number of aliphatic carboxylic acids is 1. The number of carbonyl (C=O) groups excluding carboxylic acids is 2. The Morgan fingerprint density at radius 2 is 1.43 bits per heavy atom. The highest BCUT2D eigenvalue weighted by Gasteiger charge is 2.28. The summed E-state index contributed by atoms with van der Waals surface area (Å²) >= 11 is 0. The molecular formula is C31H33N3O7S. The van der Waals surface area contributed by atoms with Gasteiger partial charge in [-0.2, -0.15) is 4.72 Å². The van der Waals surface area contributed by atoms with Crippen LogP contribution in [0.25, 0.3) is 22.1 Å². The van der Waals surface area contributed by atoms with Crippen LogP contribution in [0.3, 0.4) is 0 Å². The first-order chi connectivity index (χ1) is 19.8. The van der Waals surface area contributed by atoms with E-state index in [0.717, 1.165) is 11.1 Å². The molecule has 11 heteroatoms. The molecule has 0 aliphatic heterocycles. The summed E-state index contributed by atoms with van der Waals surface area (Å²) in [5.74, 6) is -2.33. The molecule has 0 spiro atoms. The Kier molecular flexibility index (Phi) is 8.83. The van der Waals surface area contributed by atoms with Gasteiger partial charge in [0.25, 0.3) is 5.91 Å². The van der Waals surface area contributed by atoms with Gasteiger partial charge in [0.15, 0.2) is 5.76 Å². The average molecular weight is 592 g/mol. The topological polar surface area (TPSA) is 155 Å². The molecule has 0 fully saturated rings. The lowest BCUT2D eigenvalue weighted by Gasteiger charge is -2.18. The third-order valence-corrected chi connectivity index (χ3v) is 8.25. The number of sulfonamides is 1. The highest BCUT2D eigenvalue weighted by Crippen LogP contribution is 2.32. The Hall–Kier alpha value is -4.48. The molecule has 1 aromatic heterocycles. The Morgan fingerprint density at radius 1 is 0.833 bits per heavy atom. The maximum atomic E-state index is 13.1. The van der Waals surface area contributed by atoms with E-state index in [9.17, 15) is 27.9 Å². The minimum absolute atomic E-state index is 0.0461. The van der Waals surface area contributed by atoms with E-state index < -0.39 is 33.9 Å². The zero-order chi connectivity index (χ0) is 30.8. The maximum absolute atomic E-state index is 13.1. The Labute approximate surface area is 244 Å². The number of carboxylic acids is 1. The van der Waals surface area contributed by atoms with Crippen LogP contribution in [-0.2, 0) is 19.6 Å². The fourth-order valence-corrected chi connectivity index (χ4v) is 5.71. The van der Waals surface area contributed by atoms with Crippen LogP contribution in [0.2, 0.25) is 0 Å². The number of benzene rings is 3. The van der Waals surface area contributed by atoms with Crippen LogP contribution in [0.4, 0.5) is 11.4 Å². The molecule has 4 N–H and O–H groups in total. The third kappa shape index (κ3) is 6.53. The SMILES string of the molecule is Cc1c(C(=O)Nc2ccc(-c3ccc(S(=O)(=O)NC(C(=O)O)C(C)C)cc3)cc2)oc2cccc(NC(=O)C(C)C)c12. The molecule has 10 nitrogen and oxygen atoms in total. The third-order valence-electron chi connectivity index (χ3n) is 6.80. The number of amides is 2. The molecule has 1 unspecified atom stereocenters. The standard InChI is InChI=1S/C31H33N3O7S/c1-17(2)27(31(37)38)34-42(39,40)23-15-11-21(12-16-23)20-9-13-22(14-10-20)32-30(36)28-19(5)26-24(33-29(35)18(3)4)7-6-8-25(26)41-28/h6-18,27,34H,1-5H3,(H,32,36)(H,33,35)(H,37,38). The highest BCUT2D eigenvalue weighted by atomic mass is 32.2. The number of furan rings is 1. The lowest BCUT2D eigenvalue weighted by molar-refractivity contribution is -0.140.